The normalized spacial score (nSPS) is 37.5. The molecule has 0 aromatic carbocycles. The van der Waals surface area contributed by atoms with Crippen LogP contribution in [0.25, 0.3) is 0 Å². The summed E-state index contributed by atoms with van der Waals surface area (Å²) in [7, 11) is 0. The zero-order valence-corrected chi connectivity index (χ0v) is 10.0. The Balaban J connectivity index is 1.98. The van der Waals surface area contributed by atoms with E-state index in [0.717, 1.165) is 0 Å². The van der Waals surface area contributed by atoms with Gasteiger partial charge in [0, 0.05) is 13.1 Å². The summed E-state index contributed by atoms with van der Waals surface area (Å²) in [5.41, 5.74) is -2.57. The highest BCUT2D eigenvalue weighted by Crippen LogP contribution is 2.48. The Bertz CT molecular complexity index is 316. The topological polar surface area (TPSA) is 50.4 Å². The monoisotopic (exact) mass is 230 g/mol. The SMILES string of the molecule is CC(C)(C)OC(=O)NC12CCC1(F)CNC2. The Morgan fingerprint density at radius 2 is 2.06 bits per heavy atom. The van der Waals surface area contributed by atoms with Crippen LogP contribution in [0.15, 0.2) is 0 Å². The van der Waals surface area contributed by atoms with Gasteiger partial charge in [-0.3, -0.25) is 0 Å². The quantitative estimate of drug-likeness (QED) is 0.715. The summed E-state index contributed by atoms with van der Waals surface area (Å²) < 4.78 is 19.4. The molecule has 1 aliphatic heterocycles. The molecule has 0 radical (unpaired) electrons. The molecule has 0 aromatic heterocycles. The van der Waals surface area contributed by atoms with Crippen LogP contribution in [0.2, 0.25) is 0 Å². The van der Waals surface area contributed by atoms with E-state index in [9.17, 15) is 9.18 Å². The molecule has 1 aliphatic carbocycles. The number of rotatable bonds is 1. The first-order valence-electron chi connectivity index (χ1n) is 5.67. The third-order valence-corrected chi connectivity index (χ3v) is 3.38. The molecular formula is C11H19FN2O2. The van der Waals surface area contributed by atoms with E-state index < -0.39 is 22.9 Å². The van der Waals surface area contributed by atoms with E-state index in [1.807, 2.05) is 0 Å². The molecule has 2 rings (SSSR count). The van der Waals surface area contributed by atoms with E-state index in [4.69, 9.17) is 4.74 Å². The number of alkyl halides is 1. The third-order valence-electron chi connectivity index (χ3n) is 3.38. The van der Waals surface area contributed by atoms with Crippen LogP contribution in [0.3, 0.4) is 0 Å². The van der Waals surface area contributed by atoms with Crippen molar-refractivity contribution in [3.8, 4) is 0 Å². The van der Waals surface area contributed by atoms with Gasteiger partial charge in [-0.25, -0.2) is 9.18 Å². The molecule has 2 aliphatic rings. The van der Waals surface area contributed by atoms with Crippen molar-refractivity contribution in [2.75, 3.05) is 13.1 Å². The number of carbonyl (C=O) groups is 1. The van der Waals surface area contributed by atoms with Crippen LogP contribution >= 0.6 is 0 Å². The fourth-order valence-corrected chi connectivity index (χ4v) is 2.39. The first kappa shape index (κ1) is 11.6. The lowest BCUT2D eigenvalue weighted by Crippen LogP contribution is -2.69. The predicted molar refractivity (Wildman–Crippen MR) is 58.0 cm³/mol. The summed E-state index contributed by atoms with van der Waals surface area (Å²) in [5.74, 6) is 0. The number of hydrogen-bond acceptors (Lipinski definition) is 3. The van der Waals surface area contributed by atoms with Crippen molar-refractivity contribution in [3.05, 3.63) is 0 Å². The van der Waals surface area contributed by atoms with Crippen LogP contribution in [-0.4, -0.2) is 36.0 Å². The Morgan fingerprint density at radius 1 is 1.38 bits per heavy atom. The Kier molecular flexibility index (Phi) is 2.42. The third kappa shape index (κ3) is 1.77. The Hall–Kier alpha value is -0.840. The molecule has 1 saturated carbocycles. The Labute approximate surface area is 94.9 Å². The van der Waals surface area contributed by atoms with Gasteiger partial charge >= 0.3 is 6.09 Å². The van der Waals surface area contributed by atoms with Crippen LogP contribution in [0.4, 0.5) is 9.18 Å². The van der Waals surface area contributed by atoms with Crippen molar-refractivity contribution >= 4 is 6.09 Å². The van der Waals surface area contributed by atoms with Crippen molar-refractivity contribution in [3.63, 3.8) is 0 Å². The van der Waals surface area contributed by atoms with Crippen LogP contribution < -0.4 is 10.6 Å². The average molecular weight is 230 g/mol. The first-order valence-corrected chi connectivity index (χ1v) is 5.67. The molecule has 2 fully saturated rings. The maximum Gasteiger partial charge on any atom is 0.408 e. The van der Waals surface area contributed by atoms with E-state index in [-0.39, 0.29) is 0 Å². The average Bonchev–Trinajstić information content (AvgIpc) is 2.28. The minimum absolute atomic E-state index is 0.322. The molecule has 16 heavy (non-hydrogen) atoms. The minimum atomic E-state index is -1.29. The van der Waals surface area contributed by atoms with Gasteiger partial charge in [-0.1, -0.05) is 0 Å². The van der Waals surface area contributed by atoms with E-state index in [2.05, 4.69) is 10.6 Å². The maximum absolute atomic E-state index is 14.2. The number of carbonyl (C=O) groups excluding carboxylic acids is 1. The van der Waals surface area contributed by atoms with Crippen LogP contribution in [-0.2, 0) is 4.74 Å². The molecule has 92 valence electrons. The van der Waals surface area contributed by atoms with E-state index in [1.165, 1.54) is 0 Å². The molecular weight excluding hydrogens is 211 g/mol. The molecule has 1 saturated heterocycles. The number of halogens is 1. The second-order valence-electron chi connectivity index (χ2n) is 5.78. The Morgan fingerprint density at radius 3 is 2.50 bits per heavy atom. The summed E-state index contributed by atoms with van der Waals surface area (Å²) in [4.78, 5) is 11.6. The van der Waals surface area contributed by atoms with E-state index in [0.29, 0.717) is 25.9 Å². The molecule has 5 heteroatoms. The molecule has 0 aromatic rings. The highest BCUT2D eigenvalue weighted by Gasteiger charge is 2.64. The van der Waals surface area contributed by atoms with Crippen molar-refractivity contribution in [1.82, 2.24) is 10.6 Å². The lowest BCUT2D eigenvalue weighted by molar-refractivity contribution is -0.0301. The van der Waals surface area contributed by atoms with Gasteiger partial charge < -0.3 is 15.4 Å². The van der Waals surface area contributed by atoms with Crippen LogP contribution in [0.1, 0.15) is 33.6 Å². The van der Waals surface area contributed by atoms with Gasteiger partial charge in [0.15, 0.2) is 0 Å². The first-order chi connectivity index (χ1) is 7.27. The van der Waals surface area contributed by atoms with E-state index in [1.54, 1.807) is 20.8 Å². The molecule has 2 unspecified atom stereocenters. The molecule has 1 amide bonds. The summed E-state index contributed by atoms with van der Waals surface area (Å²) in [5, 5.41) is 5.68. The lowest BCUT2D eigenvalue weighted by Gasteiger charge is -2.49. The van der Waals surface area contributed by atoms with Gasteiger partial charge in [-0.05, 0) is 33.6 Å². The van der Waals surface area contributed by atoms with Gasteiger partial charge in [0.05, 0.1) is 5.54 Å². The zero-order valence-electron chi connectivity index (χ0n) is 10.0. The second kappa shape index (κ2) is 3.32. The number of hydrogen-bond donors (Lipinski definition) is 2. The summed E-state index contributed by atoms with van der Waals surface area (Å²) >= 11 is 0. The highest BCUT2D eigenvalue weighted by atomic mass is 19.1. The van der Waals surface area contributed by atoms with Crippen molar-refractivity contribution in [2.45, 2.75) is 50.4 Å². The molecule has 0 spiro atoms. The smallest absolute Gasteiger partial charge is 0.408 e. The summed E-state index contributed by atoms with van der Waals surface area (Å²) in [6.07, 6.45) is 0.656. The number of fused-ring (bicyclic) bond motifs is 1. The van der Waals surface area contributed by atoms with E-state index >= 15 is 0 Å². The predicted octanol–water partition coefficient (Wildman–Crippen LogP) is 1.36. The molecule has 0 bridgehead atoms. The molecule has 2 N–H and O–H groups in total. The van der Waals surface area contributed by atoms with Crippen molar-refractivity contribution < 1.29 is 13.9 Å². The molecule has 4 nitrogen and oxygen atoms in total. The number of amides is 1. The number of ether oxygens (including phenoxy) is 1. The summed E-state index contributed by atoms with van der Waals surface area (Å²) in [6.45, 7) is 6.19. The van der Waals surface area contributed by atoms with Crippen LogP contribution in [0, 0.1) is 0 Å². The second-order valence-corrected chi connectivity index (χ2v) is 5.78. The van der Waals surface area contributed by atoms with Gasteiger partial charge in [-0.2, -0.15) is 0 Å². The van der Waals surface area contributed by atoms with Gasteiger partial charge in [0.1, 0.15) is 11.3 Å². The van der Waals surface area contributed by atoms with Gasteiger partial charge in [0.2, 0.25) is 0 Å². The highest BCUT2D eigenvalue weighted by molar-refractivity contribution is 5.69. The molecule has 2 atom stereocenters. The zero-order chi connectivity index (χ0) is 12.0. The largest absolute Gasteiger partial charge is 0.444 e. The number of nitrogens with one attached hydrogen (secondary N) is 2. The summed E-state index contributed by atoms with van der Waals surface area (Å²) in [6, 6.07) is 0. The van der Waals surface area contributed by atoms with Crippen molar-refractivity contribution in [2.24, 2.45) is 0 Å². The van der Waals surface area contributed by atoms with Crippen LogP contribution in [0.5, 0.6) is 0 Å². The minimum Gasteiger partial charge on any atom is -0.444 e. The van der Waals surface area contributed by atoms with Crippen molar-refractivity contribution in [1.29, 1.82) is 0 Å². The maximum atomic E-state index is 14.2. The fourth-order valence-electron chi connectivity index (χ4n) is 2.39. The van der Waals surface area contributed by atoms with Gasteiger partial charge in [0.25, 0.3) is 0 Å². The fraction of sp³-hybridized carbons (Fsp3) is 0.909. The standard InChI is InChI=1S/C11H19FN2O2/c1-9(2,3)16-8(15)14-11-5-4-10(11,12)6-13-7-11/h13H,4-7H2,1-3H3,(H,14,15). The number of alkyl carbamates (subject to hydrolysis) is 1. The lowest BCUT2D eigenvalue weighted by atomic mass is 9.66. The molecule has 1 heterocycles. The van der Waals surface area contributed by atoms with Gasteiger partial charge in [-0.15, -0.1) is 0 Å².